The van der Waals surface area contributed by atoms with Gasteiger partial charge >= 0.3 is 5.97 Å². The van der Waals surface area contributed by atoms with Crippen LogP contribution in [0.4, 0.5) is 0 Å². The normalized spacial score (nSPS) is 34.9. The maximum Gasteiger partial charge on any atom is 0.308 e. The number of ether oxygens (including phenoxy) is 2. The number of hydrogen-bond donors (Lipinski definition) is 0. The quantitative estimate of drug-likeness (QED) is 0.436. The molecule has 2 aliphatic carbocycles. The van der Waals surface area contributed by atoms with Gasteiger partial charge in [0.05, 0.1) is 6.61 Å². The summed E-state index contributed by atoms with van der Waals surface area (Å²) in [5, 5.41) is 0. The van der Waals surface area contributed by atoms with Gasteiger partial charge in [0.25, 0.3) is 0 Å². The molecule has 3 aliphatic rings. The molecule has 23 heavy (non-hydrogen) atoms. The second-order valence-corrected chi connectivity index (χ2v) is 7.58. The monoisotopic (exact) mass is 312 g/mol. The molecule has 4 rings (SSSR count). The lowest BCUT2D eigenvalue weighted by Gasteiger charge is -2.49. The Morgan fingerprint density at radius 2 is 2.22 bits per heavy atom. The van der Waals surface area contributed by atoms with Gasteiger partial charge in [-0.15, -0.1) is 0 Å². The van der Waals surface area contributed by atoms with E-state index in [1.807, 2.05) is 12.1 Å². The van der Waals surface area contributed by atoms with Gasteiger partial charge < -0.3 is 9.47 Å². The van der Waals surface area contributed by atoms with Crippen LogP contribution in [0.3, 0.4) is 0 Å². The van der Waals surface area contributed by atoms with Crippen LogP contribution in [0.2, 0.25) is 0 Å². The van der Waals surface area contributed by atoms with Crippen molar-refractivity contribution in [3.05, 3.63) is 35.9 Å². The number of carbonyl (C=O) groups is 1. The van der Waals surface area contributed by atoms with Gasteiger partial charge in [-0.25, -0.2) is 0 Å². The number of fused-ring (bicyclic) bond motifs is 5. The Morgan fingerprint density at radius 3 is 3.00 bits per heavy atom. The Labute approximate surface area is 137 Å². The number of esters is 1. The molecule has 2 fully saturated rings. The summed E-state index contributed by atoms with van der Waals surface area (Å²) in [4.78, 5) is 11.1. The number of rotatable bonds is 1. The van der Waals surface area contributed by atoms with Crippen LogP contribution in [0.1, 0.15) is 51.0 Å². The van der Waals surface area contributed by atoms with Crippen molar-refractivity contribution in [3.63, 3.8) is 0 Å². The Hall–Kier alpha value is -1.77. The van der Waals surface area contributed by atoms with Crippen molar-refractivity contribution in [3.8, 4) is 11.5 Å². The van der Waals surface area contributed by atoms with Gasteiger partial charge in [-0.2, -0.15) is 0 Å². The molecule has 3 heteroatoms. The van der Waals surface area contributed by atoms with Crippen LogP contribution in [0.5, 0.6) is 11.5 Å². The molecule has 1 aromatic rings. The van der Waals surface area contributed by atoms with Gasteiger partial charge in [0.2, 0.25) is 0 Å². The highest BCUT2D eigenvalue weighted by molar-refractivity contribution is 5.69. The first-order valence-corrected chi connectivity index (χ1v) is 8.62. The molecule has 3 nitrogen and oxygen atoms in total. The summed E-state index contributed by atoms with van der Waals surface area (Å²) in [7, 11) is 0. The molecule has 1 heterocycles. The van der Waals surface area contributed by atoms with Crippen molar-refractivity contribution in [1.29, 1.82) is 0 Å². The minimum absolute atomic E-state index is 0.295. The number of hydrogen-bond acceptors (Lipinski definition) is 3. The lowest BCUT2D eigenvalue weighted by molar-refractivity contribution is -0.131. The zero-order valence-corrected chi connectivity index (χ0v) is 13.9. The molecule has 0 N–H and O–H groups in total. The van der Waals surface area contributed by atoms with Gasteiger partial charge in [-0.3, -0.25) is 4.79 Å². The average Bonchev–Trinajstić information content (AvgIpc) is 2.82. The van der Waals surface area contributed by atoms with Crippen molar-refractivity contribution in [2.24, 2.45) is 17.3 Å². The van der Waals surface area contributed by atoms with Crippen molar-refractivity contribution < 1.29 is 14.3 Å². The molecule has 0 spiro atoms. The molecule has 0 saturated heterocycles. The van der Waals surface area contributed by atoms with E-state index >= 15 is 0 Å². The van der Waals surface area contributed by atoms with Crippen LogP contribution in [-0.2, 0) is 4.79 Å². The van der Waals surface area contributed by atoms with Crippen LogP contribution in [0.25, 0.3) is 0 Å². The topological polar surface area (TPSA) is 35.5 Å². The highest BCUT2D eigenvalue weighted by atomic mass is 16.5. The summed E-state index contributed by atoms with van der Waals surface area (Å²) in [6.07, 6.45) is 4.84. The third-order valence-electron chi connectivity index (χ3n) is 6.47. The van der Waals surface area contributed by atoms with E-state index in [-0.39, 0.29) is 5.97 Å². The summed E-state index contributed by atoms with van der Waals surface area (Å²) in [5.74, 6) is 3.01. The largest absolute Gasteiger partial charge is 0.493 e. The fourth-order valence-electron chi connectivity index (χ4n) is 5.17. The summed E-state index contributed by atoms with van der Waals surface area (Å²) in [6.45, 7) is 8.94. The Kier molecular flexibility index (Phi) is 3.29. The van der Waals surface area contributed by atoms with E-state index in [0.29, 0.717) is 28.9 Å². The molecule has 0 bridgehead atoms. The predicted octanol–water partition coefficient (Wildman–Crippen LogP) is 4.47. The Morgan fingerprint density at radius 1 is 1.39 bits per heavy atom. The SMILES string of the molecule is C=C1CCC2C3COc4cc(OC(C)=O)ccc4C3CC[C@]12C. The first kappa shape index (κ1) is 14.8. The minimum atomic E-state index is -0.295. The third kappa shape index (κ3) is 2.20. The second kappa shape index (κ2) is 5.12. The van der Waals surface area contributed by atoms with E-state index in [9.17, 15) is 4.79 Å². The van der Waals surface area contributed by atoms with E-state index in [0.717, 1.165) is 12.4 Å². The summed E-state index contributed by atoms with van der Waals surface area (Å²) in [5.41, 5.74) is 3.04. The van der Waals surface area contributed by atoms with Crippen LogP contribution in [0, 0.1) is 17.3 Å². The van der Waals surface area contributed by atoms with Crippen LogP contribution >= 0.6 is 0 Å². The number of carbonyl (C=O) groups excluding carboxylic acids is 1. The summed E-state index contributed by atoms with van der Waals surface area (Å²) in [6, 6.07) is 5.86. The standard InChI is InChI=1S/C20H24O3/c1-12-4-7-18-17-11-22-19-10-14(23-13(2)21)5-6-16(19)15(17)8-9-20(12,18)3/h5-6,10,15,17-18H,1,4,7-9,11H2,2-3H3/t15?,17?,18?,20-/m1/s1. The van der Waals surface area contributed by atoms with E-state index < -0.39 is 0 Å². The maximum atomic E-state index is 11.1. The van der Waals surface area contributed by atoms with Gasteiger partial charge in [-0.1, -0.05) is 25.1 Å². The highest BCUT2D eigenvalue weighted by Crippen LogP contribution is 2.61. The molecule has 3 unspecified atom stereocenters. The molecule has 0 aromatic heterocycles. The van der Waals surface area contributed by atoms with Crippen molar-refractivity contribution in [1.82, 2.24) is 0 Å². The molecular weight excluding hydrogens is 288 g/mol. The third-order valence-corrected chi connectivity index (χ3v) is 6.47. The van der Waals surface area contributed by atoms with Crippen molar-refractivity contribution in [2.75, 3.05) is 6.61 Å². The van der Waals surface area contributed by atoms with Crippen molar-refractivity contribution in [2.45, 2.75) is 45.4 Å². The van der Waals surface area contributed by atoms with Crippen molar-refractivity contribution >= 4 is 5.97 Å². The number of benzene rings is 1. The molecule has 4 atom stereocenters. The van der Waals surface area contributed by atoms with Crippen LogP contribution in [-0.4, -0.2) is 12.6 Å². The van der Waals surface area contributed by atoms with Gasteiger partial charge in [0, 0.05) is 18.9 Å². The fraction of sp³-hybridized carbons (Fsp3) is 0.550. The Bertz CT molecular complexity index is 677. The number of allylic oxidation sites excluding steroid dienone is 1. The molecule has 0 amide bonds. The van der Waals surface area contributed by atoms with Crippen LogP contribution in [0.15, 0.2) is 30.4 Å². The highest BCUT2D eigenvalue weighted by Gasteiger charge is 2.52. The van der Waals surface area contributed by atoms with E-state index in [1.54, 1.807) is 0 Å². The van der Waals surface area contributed by atoms with E-state index in [2.05, 4.69) is 19.6 Å². The van der Waals surface area contributed by atoms with E-state index in [1.165, 1.54) is 43.7 Å². The van der Waals surface area contributed by atoms with Gasteiger partial charge in [0.15, 0.2) is 0 Å². The molecule has 2 saturated carbocycles. The minimum Gasteiger partial charge on any atom is -0.493 e. The first-order valence-electron chi connectivity index (χ1n) is 8.62. The average molecular weight is 312 g/mol. The van der Waals surface area contributed by atoms with E-state index in [4.69, 9.17) is 9.47 Å². The molecule has 1 aromatic carbocycles. The van der Waals surface area contributed by atoms with Gasteiger partial charge in [-0.05, 0) is 54.6 Å². The molecule has 122 valence electrons. The first-order chi connectivity index (χ1) is 11.0. The molecular formula is C20H24O3. The van der Waals surface area contributed by atoms with Crippen LogP contribution < -0.4 is 9.47 Å². The van der Waals surface area contributed by atoms with Gasteiger partial charge in [0.1, 0.15) is 11.5 Å². The zero-order valence-electron chi connectivity index (χ0n) is 13.9. The summed E-state index contributed by atoms with van der Waals surface area (Å²) < 4.78 is 11.3. The second-order valence-electron chi connectivity index (χ2n) is 7.58. The Balaban J connectivity index is 1.65. The molecule has 1 aliphatic heterocycles. The maximum absolute atomic E-state index is 11.1. The zero-order chi connectivity index (χ0) is 16.2. The smallest absolute Gasteiger partial charge is 0.308 e. The fourth-order valence-corrected chi connectivity index (χ4v) is 5.17. The predicted molar refractivity (Wildman–Crippen MR) is 88.7 cm³/mol. The summed E-state index contributed by atoms with van der Waals surface area (Å²) >= 11 is 0. The lowest BCUT2D eigenvalue weighted by Crippen LogP contribution is -2.42. The lowest BCUT2D eigenvalue weighted by atomic mass is 9.58. The molecule has 0 radical (unpaired) electrons.